The van der Waals surface area contributed by atoms with Crippen molar-refractivity contribution in [2.24, 2.45) is 5.92 Å². The Labute approximate surface area is 122 Å². The summed E-state index contributed by atoms with van der Waals surface area (Å²) in [5.74, 6) is 0.416. The molecule has 0 aliphatic heterocycles. The molecule has 0 aliphatic carbocycles. The third-order valence-electron chi connectivity index (χ3n) is 3.41. The van der Waals surface area contributed by atoms with Gasteiger partial charge in [0.05, 0.1) is 6.61 Å². The normalized spacial score (nSPS) is 12.4. The molecule has 1 N–H and O–H groups in total. The molecule has 0 amide bonds. The van der Waals surface area contributed by atoms with Gasteiger partial charge in [0.2, 0.25) is 0 Å². The molecule has 0 saturated heterocycles. The third kappa shape index (κ3) is 4.55. The summed E-state index contributed by atoms with van der Waals surface area (Å²) in [4.78, 5) is 11.3. The van der Waals surface area contributed by atoms with Crippen LogP contribution in [0, 0.1) is 5.92 Å². The van der Waals surface area contributed by atoms with Crippen LogP contribution in [0.2, 0.25) is 0 Å². The van der Waals surface area contributed by atoms with Gasteiger partial charge < -0.3 is 9.84 Å². The van der Waals surface area contributed by atoms with Gasteiger partial charge in [-0.05, 0) is 42.4 Å². The van der Waals surface area contributed by atoms with E-state index in [1.165, 1.54) is 5.56 Å². The summed E-state index contributed by atoms with van der Waals surface area (Å²) >= 11 is 0. The first-order valence-corrected chi connectivity index (χ1v) is 7.49. The summed E-state index contributed by atoms with van der Waals surface area (Å²) in [6.07, 6.45) is 3.30. The molecule has 3 nitrogen and oxygen atoms in total. The standard InChI is InChI=1S/C17H26O3/c1-5-7-13(6-2)14-8-9-15(17(18)19)16(10-14)20-11-12(3)4/h8-10,12-13H,5-7,11H2,1-4H3,(H,18,19). The number of aromatic carboxylic acids is 1. The van der Waals surface area contributed by atoms with Crippen LogP contribution in [0.25, 0.3) is 0 Å². The number of carbonyl (C=O) groups is 1. The van der Waals surface area contributed by atoms with Crippen LogP contribution in [0.1, 0.15) is 68.8 Å². The number of benzene rings is 1. The van der Waals surface area contributed by atoms with Crippen LogP contribution >= 0.6 is 0 Å². The van der Waals surface area contributed by atoms with Crippen molar-refractivity contribution in [1.29, 1.82) is 0 Å². The Bertz CT molecular complexity index is 438. The van der Waals surface area contributed by atoms with E-state index in [9.17, 15) is 9.90 Å². The van der Waals surface area contributed by atoms with Crippen molar-refractivity contribution < 1.29 is 14.6 Å². The Morgan fingerprint density at radius 2 is 2.00 bits per heavy atom. The van der Waals surface area contributed by atoms with E-state index in [4.69, 9.17) is 4.74 Å². The number of carboxylic acids is 1. The lowest BCUT2D eigenvalue weighted by Gasteiger charge is -2.17. The smallest absolute Gasteiger partial charge is 0.339 e. The molecule has 0 saturated carbocycles. The molecule has 1 aromatic carbocycles. The lowest BCUT2D eigenvalue weighted by atomic mass is 9.91. The van der Waals surface area contributed by atoms with Crippen LogP contribution in [-0.2, 0) is 0 Å². The largest absolute Gasteiger partial charge is 0.492 e. The van der Waals surface area contributed by atoms with Gasteiger partial charge in [0.15, 0.2) is 0 Å². The van der Waals surface area contributed by atoms with E-state index in [-0.39, 0.29) is 5.56 Å². The van der Waals surface area contributed by atoms with Gasteiger partial charge in [-0.1, -0.05) is 40.2 Å². The van der Waals surface area contributed by atoms with Gasteiger partial charge in [0.1, 0.15) is 11.3 Å². The lowest BCUT2D eigenvalue weighted by Crippen LogP contribution is -2.09. The number of hydrogen-bond acceptors (Lipinski definition) is 2. The van der Waals surface area contributed by atoms with Crippen molar-refractivity contribution in [3.63, 3.8) is 0 Å². The fourth-order valence-electron chi connectivity index (χ4n) is 2.30. The zero-order valence-corrected chi connectivity index (χ0v) is 13.0. The lowest BCUT2D eigenvalue weighted by molar-refractivity contribution is 0.0691. The highest BCUT2D eigenvalue weighted by Crippen LogP contribution is 2.30. The van der Waals surface area contributed by atoms with Crippen LogP contribution < -0.4 is 4.74 Å². The molecular formula is C17H26O3. The first kappa shape index (κ1) is 16.5. The number of hydrogen-bond donors (Lipinski definition) is 1. The summed E-state index contributed by atoms with van der Waals surface area (Å²) in [5.41, 5.74) is 1.43. The second-order valence-electron chi connectivity index (χ2n) is 5.66. The summed E-state index contributed by atoms with van der Waals surface area (Å²) in [7, 11) is 0. The molecule has 0 radical (unpaired) electrons. The molecule has 0 aromatic heterocycles. The van der Waals surface area contributed by atoms with E-state index in [2.05, 4.69) is 27.7 Å². The molecule has 0 spiro atoms. The van der Waals surface area contributed by atoms with E-state index >= 15 is 0 Å². The maximum absolute atomic E-state index is 11.3. The molecule has 0 bridgehead atoms. The Morgan fingerprint density at radius 3 is 2.50 bits per heavy atom. The predicted molar refractivity (Wildman–Crippen MR) is 81.7 cm³/mol. The summed E-state index contributed by atoms with van der Waals surface area (Å²) in [6.45, 7) is 8.98. The second kappa shape index (κ2) is 7.93. The SMILES string of the molecule is CCCC(CC)c1ccc(C(=O)O)c(OCC(C)C)c1. The first-order valence-electron chi connectivity index (χ1n) is 7.49. The number of ether oxygens (including phenoxy) is 1. The summed E-state index contributed by atoms with van der Waals surface area (Å²) < 4.78 is 5.69. The Kier molecular flexibility index (Phi) is 6.56. The average Bonchev–Trinajstić information content (AvgIpc) is 2.42. The van der Waals surface area contributed by atoms with Gasteiger partial charge in [0.25, 0.3) is 0 Å². The van der Waals surface area contributed by atoms with Crippen LogP contribution in [-0.4, -0.2) is 17.7 Å². The highest BCUT2D eigenvalue weighted by molar-refractivity contribution is 5.91. The molecule has 1 unspecified atom stereocenters. The van der Waals surface area contributed by atoms with Gasteiger partial charge in [-0.2, -0.15) is 0 Å². The highest BCUT2D eigenvalue weighted by Gasteiger charge is 2.16. The van der Waals surface area contributed by atoms with Gasteiger partial charge in [-0.15, -0.1) is 0 Å². The van der Waals surface area contributed by atoms with Gasteiger partial charge >= 0.3 is 5.97 Å². The Morgan fingerprint density at radius 1 is 1.30 bits per heavy atom. The summed E-state index contributed by atoms with van der Waals surface area (Å²) in [5, 5.41) is 9.24. The highest BCUT2D eigenvalue weighted by atomic mass is 16.5. The van der Waals surface area contributed by atoms with Gasteiger partial charge in [-0.25, -0.2) is 4.79 Å². The van der Waals surface area contributed by atoms with Gasteiger partial charge in [0, 0.05) is 0 Å². The van der Waals surface area contributed by atoms with Crippen LogP contribution in [0.4, 0.5) is 0 Å². The molecule has 1 aromatic rings. The Balaban J connectivity index is 3.05. The minimum absolute atomic E-state index is 0.251. The van der Waals surface area contributed by atoms with Crippen LogP contribution in [0.15, 0.2) is 18.2 Å². The van der Waals surface area contributed by atoms with Crippen LogP contribution in [0.3, 0.4) is 0 Å². The Hall–Kier alpha value is -1.51. The van der Waals surface area contributed by atoms with E-state index in [0.717, 1.165) is 19.3 Å². The molecule has 0 aliphatic rings. The fourth-order valence-corrected chi connectivity index (χ4v) is 2.30. The number of rotatable bonds is 8. The maximum atomic E-state index is 11.3. The topological polar surface area (TPSA) is 46.5 Å². The minimum atomic E-state index is -0.932. The monoisotopic (exact) mass is 278 g/mol. The zero-order chi connectivity index (χ0) is 15.1. The van der Waals surface area contributed by atoms with Crippen molar-refractivity contribution in [3.05, 3.63) is 29.3 Å². The zero-order valence-electron chi connectivity index (χ0n) is 13.0. The van der Waals surface area contributed by atoms with Gasteiger partial charge in [-0.3, -0.25) is 0 Å². The molecule has 1 rings (SSSR count). The number of carboxylic acid groups (broad SMARTS) is 1. The minimum Gasteiger partial charge on any atom is -0.492 e. The van der Waals surface area contributed by atoms with Crippen LogP contribution in [0.5, 0.6) is 5.75 Å². The summed E-state index contributed by atoms with van der Waals surface area (Å²) in [6, 6.07) is 5.51. The molecular weight excluding hydrogens is 252 g/mol. The van der Waals surface area contributed by atoms with Crippen molar-refractivity contribution in [2.75, 3.05) is 6.61 Å². The molecule has 3 heteroatoms. The fraction of sp³-hybridized carbons (Fsp3) is 0.588. The second-order valence-corrected chi connectivity index (χ2v) is 5.66. The molecule has 20 heavy (non-hydrogen) atoms. The van der Waals surface area contributed by atoms with Crippen molar-refractivity contribution in [3.8, 4) is 5.75 Å². The quantitative estimate of drug-likeness (QED) is 0.748. The van der Waals surface area contributed by atoms with E-state index in [1.54, 1.807) is 6.07 Å². The molecule has 1 atom stereocenters. The molecule has 112 valence electrons. The van der Waals surface area contributed by atoms with E-state index in [0.29, 0.717) is 24.2 Å². The first-order chi connectivity index (χ1) is 9.49. The van der Waals surface area contributed by atoms with E-state index in [1.807, 2.05) is 12.1 Å². The van der Waals surface area contributed by atoms with Crippen molar-refractivity contribution in [1.82, 2.24) is 0 Å². The third-order valence-corrected chi connectivity index (χ3v) is 3.41. The molecule has 0 fully saturated rings. The average molecular weight is 278 g/mol. The van der Waals surface area contributed by atoms with Crippen molar-refractivity contribution >= 4 is 5.97 Å². The predicted octanol–water partition coefficient (Wildman–Crippen LogP) is 4.71. The molecule has 0 heterocycles. The maximum Gasteiger partial charge on any atom is 0.339 e. The van der Waals surface area contributed by atoms with E-state index < -0.39 is 5.97 Å². The van der Waals surface area contributed by atoms with Crippen molar-refractivity contribution in [2.45, 2.75) is 52.9 Å².